The zero-order valence-electron chi connectivity index (χ0n) is 11.8. The molecule has 0 aromatic heterocycles. The number of nitrogens with zero attached hydrogens (tertiary/aromatic N) is 1. The summed E-state index contributed by atoms with van der Waals surface area (Å²) in [7, 11) is 1.78. The van der Waals surface area contributed by atoms with Gasteiger partial charge in [-0.1, -0.05) is 26.2 Å². The van der Waals surface area contributed by atoms with Gasteiger partial charge in [-0.2, -0.15) is 0 Å². The predicted molar refractivity (Wildman–Crippen MR) is 71.4 cm³/mol. The first-order valence-corrected chi connectivity index (χ1v) is 7.11. The number of rotatable bonds is 8. The van der Waals surface area contributed by atoms with Crippen molar-refractivity contribution in [2.45, 2.75) is 57.5 Å². The highest BCUT2D eigenvalue weighted by Gasteiger charge is 2.31. The van der Waals surface area contributed by atoms with Crippen molar-refractivity contribution in [2.75, 3.05) is 26.8 Å². The van der Waals surface area contributed by atoms with Crippen LogP contribution in [0.4, 0.5) is 0 Å². The molecule has 106 valence electrons. The third-order valence-electron chi connectivity index (χ3n) is 3.74. The Morgan fingerprint density at radius 2 is 2.06 bits per heavy atom. The maximum Gasteiger partial charge on any atom is 0.248 e. The van der Waals surface area contributed by atoms with Gasteiger partial charge in [-0.05, 0) is 25.7 Å². The van der Waals surface area contributed by atoms with E-state index in [1.165, 1.54) is 0 Å². The lowest BCUT2D eigenvalue weighted by molar-refractivity contribution is -0.135. The summed E-state index contributed by atoms with van der Waals surface area (Å²) in [5.74, 6) is 0.00713. The number of hydrogen-bond donors (Lipinski definition) is 1. The van der Waals surface area contributed by atoms with E-state index in [1.54, 1.807) is 11.9 Å². The summed E-state index contributed by atoms with van der Waals surface area (Å²) in [6, 6.07) is 0. The van der Waals surface area contributed by atoms with Crippen molar-refractivity contribution in [1.29, 1.82) is 0 Å². The van der Waals surface area contributed by atoms with Gasteiger partial charge in [-0.25, -0.2) is 0 Å². The first-order chi connectivity index (χ1) is 8.57. The van der Waals surface area contributed by atoms with Crippen molar-refractivity contribution < 1.29 is 14.6 Å². The van der Waals surface area contributed by atoms with Crippen molar-refractivity contribution in [2.24, 2.45) is 0 Å². The molecule has 1 aliphatic carbocycles. The van der Waals surface area contributed by atoms with Gasteiger partial charge in [0.05, 0.1) is 5.60 Å². The van der Waals surface area contributed by atoms with Gasteiger partial charge in [0.2, 0.25) is 5.91 Å². The van der Waals surface area contributed by atoms with Crippen LogP contribution in [-0.2, 0) is 9.53 Å². The summed E-state index contributed by atoms with van der Waals surface area (Å²) < 4.78 is 5.30. The van der Waals surface area contributed by atoms with Crippen LogP contribution in [0, 0.1) is 0 Å². The smallest absolute Gasteiger partial charge is 0.248 e. The van der Waals surface area contributed by atoms with Crippen LogP contribution in [0.25, 0.3) is 0 Å². The van der Waals surface area contributed by atoms with Crippen LogP contribution < -0.4 is 0 Å². The van der Waals surface area contributed by atoms with Gasteiger partial charge in [0.25, 0.3) is 0 Å². The van der Waals surface area contributed by atoms with Crippen molar-refractivity contribution in [3.63, 3.8) is 0 Å². The Labute approximate surface area is 110 Å². The molecule has 1 rings (SSSR count). The molecule has 0 aliphatic heterocycles. The third-order valence-corrected chi connectivity index (χ3v) is 3.74. The van der Waals surface area contributed by atoms with E-state index in [1.807, 2.05) is 0 Å². The van der Waals surface area contributed by atoms with Crippen molar-refractivity contribution in [1.82, 2.24) is 4.90 Å². The van der Waals surface area contributed by atoms with Gasteiger partial charge in [0.1, 0.15) is 6.61 Å². The Hall–Kier alpha value is -0.610. The summed E-state index contributed by atoms with van der Waals surface area (Å²) in [5, 5.41) is 10.2. The lowest BCUT2D eigenvalue weighted by atomic mass is 9.98. The number of unbranched alkanes of at least 4 members (excludes halogenated alkanes) is 1. The minimum atomic E-state index is -0.530. The van der Waals surface area contributed by atoms with Gasteiger partial charge < -0.3 is 14.7 Å². The molecule has 0 atom stereocenters. The maximum atomic E-state index is 11.7. The zero-order chi connectivity index (χ0) is 13.4. The maximum absolute atomic E-state index is 11.7. The molecule has 0 aromatic carbocycles. The highest BCUT2D eigenvalue weighted by atomic mass is 16.5. The average molecular weight is 257 g/mol. The average Bonchev–Trinajstić information content (AvgIpc) is 2.79. The number of hydrogen-bond acceptors (Lipinski definition) is 3. The Kier molecular flexibility index (Phi) is 6.65. The Morgan fingerprint density at radius 1 is 1.39 bits per heavy atom. The summed E-state index contributed by atoms with van der Waals surface area (Å²) in [4.78, 5) is 13.4. The fraction of sp³-hybridized carbons (Fsp3) is 0.929. The lowest BCUT2D eigenvalue weighted by Crippen LogP contribution is -2.36. The van der Waals surface area contributed by atoms with Crippen molar-refractivity contribution in [3.8, 4) is 0 Å². The summed E-state index contributed by atoms with van der Waals surface area (Å²) in [6.45, 7) is 3.53. The first-order valence-electron chi connectivity index (χ1n) is 7.11. The van der Waals surface area contributed by atoms with Gasteiger partial charge in [-0.3, -0.25) is 4.79 Å². The van der Waals surface area contributed by atoms with Gasteiger partial charge in [0, 0.05) is 20.2 Å². The molecule has 1 fully saturated rings. The predicted octanol–water partition coefficient (Wildman–Crippen LogP) is 1.96. The second-order valence-electron chi connectivity index (χ2n) is 5.40. The number of ether oxygens (including phenoxy) is 1. The minimum absolute atomic E-state index is 0.00713. The van der Waals surface area contributed by atoms with E-state index < -0.39 is 5.60 Å². The van der Waals surface area contributed by atoms with Crippen LogP contribution in [0.1, 0.15) is 51.9 Å². The summed E-state index contributed by atoms with van der Waals surface area (Å²) in [6.07, 6.45) is 6.73. The fourth-order valence-corrected chi connectivity index (χ4v) is 2.30. The fourth-order valence-electron chi connectivity index (χ4n) is 2.30. The van der Waals surface area contributed by atoms with Gasteiger partial charge >= 0.3 is 0 Å². The van der Waals surface area contributed by atoms with Gasteiger partial charge in [-0.15, -0.1) is 0 Å². The van der Waals surface area contributed by atoms with Crippen LogP contribution >= 0.6 is 0 Å². The molecule has 0 saturated heterocycles. The number of amides is 1. The number of carbonyl (C=O) groups excluding carboxylic acids is 1. The molecule has 4 heteroatoms. The Balaban J connectivity index is 2.15. The number of likely N-dealkylation sites (N-methyl/N-ethyl adjacent to an activating group) is 1. The van der Waals surface area contributed by atoms with E-state index in [4.69, 9.17) is 4.74 Å². The van der Waals surface area contributed by atoms with E-state index in [0.717, 1.165) is 38.5 Å². The molecule has 1 amide bonds. The largest absolute Gasteiger partial charge is 0.390 e. The molecule has 0 unspecified atom stereocenters. The summed E-state index contributed by atoms with van der Waals surface area (Å²) in [5.41, 5.74) is -0.530. The molecule has 0 radical (unpaired) electrons. The van der Waals surface area contributed by atoms with E-state index in [9.17, 15) is 9.90 Å². The topological polar surface area (TPSA) is 49.8 Å². The number of carbonyl (C=O) groups is 1. The van der Waals surface area contributed by atoms with Crippen LogP contribution in [0.15, 0.2) is 0 Å². The van der Waals surface area contributed by atoms with E-state index in [2.05, 4.69) is 6.92 Å². The van der Waals surface area contributed by atoms with Crippen LogP contribution in [0.5, 0.6) is 0 Å². The van der Waals surface area contributed by atoms with E-state index >= 15 is 0 Å². The highest BCUT2D eigenvalue weighted by Crippen LogP contribution is 2.32. The van der Waals surface area contributed by atoms with Gasteiger partial charge in [0.15, 0.2) is 0 Å². The quantitative estimate of drug-likeness (QED) is 0.676. The van der Waals surface area contributed by atoms with Crippen molar-refractivity contribution in [3.05, 3.63) is 0 Å². The molecule has 1 N–H and O–H groups in total. The molecular formula is C14H27NO3. The molecule has 4 nitrogen and oxygen atoms in total. The molecule has 1 saturated carbocycles. The van der Waals surface area contributed by atoms with E-state index in [0.29, 0.717) is 19.6 Å². The molecular weight excluding hydrogens is 230 g/mol. The molecule has 1 aliphatic rings. The van der Waals surface area contributed by atoms with Crippen LogP contribution in [0.3, 0.4) is 0 Å². The molecule has 0 spiro atoms. The molecule has 18 heavy (non-hydrogen) atoms. The third kappa shape index (κ3) is 5.36. The molecule has 0 heterocycles. The monoisotopic (exact) mass is 257 g/mol. The zero-order valence-corrected chi connectivity index (χ0v) is 11.8. The second kappa shape index (κ2) is 7.74. The Bertz CT molecular complexity index is 249. The SMILES string of the molecule is CCCCOCC(=O)N(C)CCC1(O)CCCC1. The Morgan fingerprint density at radius 3 is 2.67 bits per heavy atom. The summed E-state index contributed by atoms with van der Waals surface area (Å²) >= 11 is 0. The van der Waals surface area contributed by atoms with E-state index in [-0.39, 0.29) is 12.5 Å². The normalized spacial score (nSPS) is 17.9. The second-order valence-corrected chi connectivity index (χ2v) is 5.40. The lowest BCUT2D eigenvalue weighted by Gasteiger charge is -2.25. The first kappa shape index (κ1) is 15.4. The number of aliphatic hydroxyl groups is 1. The highest BCUT2D eigenvalue weighted by molar-refractivity contribution is 5.77. The van der Waals surface area contributed by atoms with Crippen molar-refractivity contribution >= 4 is 5.91 Å². The minimum Gasteiger partial charge on any atom is -0.390 e. The van der Waals surface area contributed by atoms with Crippen LogP contribution in [-0.4, -0.2) is 48.3 Å². The molecule has 0 aromatic rings. The van der Waals surface area contributed by atoms with Crippen LogP contribution in [0.2, 0.25) is 0 Å². The molecule has 0 bridgehead atoms. The standard InChI is InChI=1S/C14H27NO3/c1-3-4-11-18-12-13(16)15(2)10-9-14(17)7-5-6-8-14/h17H,3-12H2,1-2H3.